The van der Waals surface area contributed by atoms with Crippen molar-refractivity contribution in [1.29, 1.82) is 0 Å². The molecule has 2 aromatic heterocycles. The van der Waals surface area contributed by atoms with Crippen molar-refractivity contribution in [3.63, 3.8) is 0 Å². The van der Waals surface area contributed by atoms with Gasteiger partial charge in [-0.05, 0) is 48.9 Å². The van der Waals surface area contributed by atoms with Gasteiger partial charge in [-0.3, -0.25) is 4.79 Å². The zero-order valence-electron chi connectivity index (χ0n) is 13.4. The van der Waals surface area contributed by atoms with Crippen LogP contribution in [-0.2, 0) is 4.79 Å². The molecular formula is C15H16N6O2S. The van der Waals surface area contributed by atoms with Gasteiger partial charge in [0.15, 0.2) is 5.82 Å². The van der Waals surface area contributed by atoms with Gasteiger partial charge in [0.2, 0.25) is 11.1 Å². The summed E-state index contributed by atoms with van der Waals surface area (Å²) in [7, 11) is 0. The Bertz CT molecular complexity index is 859. The van der Waals surface area contributed by atoms with Gasteiger partial charge in [0.1, 0.15) is 5.76 Å². The molecular weight excluding hydrogens is 328 g/mol. The number of rotatable bonds is 5. The maximum Gasteiger partial charge on any atom is 0.238 e. The lowest BCUT2D eigenvalue weighted by molar-refractivity contribution is -0.115. The Balaban J connectivity index is 1.72. The highest BCUT2D eigenvalue weighted by Gasteiger charge is 2.20. The molecule has 1 N–H and O–H groups in total. The number of aryl methyl sites for hydroxylation is 2. The zero-order chi connectivity index (χ0) is 17.1. The van der Waals surface area contributed by atoms with Crippen LogP contribution in [0.2, 0.25) is 0 Å². The molecule has 3 rings (SSSR count). The summed E-state index contributed by atoms with van der Waals surface area (Å²) in [5, 5.41) is 18.3. The summed E-state index contributed by atoms with van der Waals surface area (Å²) in [6.45, 7) is 5.54. The van der Waals surface area contributed by atoms with Crippen molar-refractivity contribution < 1.29 is 9.32 Å². The number of carbonyl (C=O) groups excluding carboxylic acids is 1. The van der Waals surface area contributed by atoms with Gasteiger partial charge >= 0.3 is 0 Å². The molecule has 8 nitrogen and oxygen atoms in total. The molecule has 0 aliphatic rings. The van der Waals surface area contributed by atoms with E-state index in [0.717, 1.165) is 11.3 Å². The van der Waals surface area contributed by atoms with Crippen LogP contribution in [0.15, 0.2) is 40.0 Å². The topological polar surface area (TPSA) is 98.7 Å². The van der Waals surface area contributed by atoms with Gasteiger partial charge in [-0.2, -0.15) is 4.68 Å². The monoisotopic (exact) mass is 344 g/mol. The van der Waals surface area contributed by atoms with Crippen molar-refractivity contribution in [3.05, 3.63) is 41.7 Å². The molecule has 24 heavy (non-hydrogen) atoms. The Morgan fingerprint density at radius 2 is 2.17 bits per heavy atom. The predicted molar refractivity (Wildman–Crippen MR) is 89.1 cm³/mol. The number of hydrogen-bond donors (Lipinski definition) is 1. The molecule has 0 unspecified atom stereocenters. The number of benzene rings is 1. The SMILES string of the molecule is Cc1cccc(-n2nnnc2S[C@@H](C)C(=O)Nc2cc(C)on2)c1. The number of nitrogens with zero attached hydrogens (tertiary/aromatic N) is 5. The number of nitrogens with one attached hydrogen (secondary N) is 1. The van der Waals surface area contributed by atoms with Crippen LogP contribution in [0.3, 0.4) is 0 Å². The van der Waals surface area contributed by atoms with E-state index in [1.54, 1.807) is 24.6 Å². The van der Waals surface area contributed by atoms with E-state index in [1.807, 2.05) is 31.2 Å². The second-order valence-electron chi connectivity index (χ2n) is 5.28. The standard InChI is InChI=1S/C15H16N6O2S/c1-9-5-4-6-12(7-9)21-15(17-19-20-21)24-11(3)14(22)16-13-8-10(2)23-18-13/h4-8,11H,1-3H3,(H,16,18,22)/t11-/m0/s1. The highest BCUT2D eigenvalue weighted by atomic mass is 32.2. The van der Waals surface area contributed by atoms with Gasteiger partial charge in [0.25, 0.3) is 0 Å². The molecule has 124 valence electrons. The molecule has 0 bridgehead atoms. The Labute approximate surface area is 142 Å². The number of hydrogen-bond acceptors (Lipinski definition) is 7. The molecule has 1 atom stereocenters. The molecule has 1 aromatic carbocycles. The first-order chi connectivity index (χ1) is 11.5. The third-order valence-electron chi connectivity index (χ3n) is 3.22. The first-order valence-electron chi connectivity index (χ1n) is 7.29. The molecule has 3 aromatic rings. The lowest BCUT2D eigenvalue weighted by atomic mass is 10.2. The number of anilines is 1. The molecule has 0 fully saturated rings. The summed E-state index contributed by atoms with van der Waals surface area (Å²) in [5.41, 5.74) is 1.95. The Morgan fingerprint density at radius 1 is 1.33 bits per heavy atom. The van der Waals surface area contributed by atoms with Gasteiger partial charge in [-0.15, -0.1) is 5.10 Å². The van der Waals surface area contributed by atoms with Crippen LogP contribution >= 0.6 is 11.8 Å². The number of tetrazole rings is 1. The summed E-state index contributed by atoms with van der Waals surface area (Å²) in [6, 6.07) is 9.48. The Morgan fingerprint density at radius 3 is 2.88 bits per heavy atom. The van der Waals surface area contributed by atoms with E-state index < -0.39 is 5.25 Å². The largest absolute Gasteiger partial charge is 0.360 e. The van der Waals surface area contributed by atoms with Gasteiger partial charge in [0.05, 0.1) is 10.9 Å². The maximum atomic E-state index is 12.3. The smallest absolute Gasteiger partial charge is 0.238 e. The summed E-state index contributed by atoms with van der Waals surface area (Å²) in [5.74, 6) is 0.823. The van der Waals surface area contributed by atoms with E-state index in [9.17, 15) is 4.79 Å². The lowest BCUT2D eigenvalue weighted by Crippen LogP contribution is -2.23. The second kappa shape index (κ2) is 6.83. The van der Waals surface area contributed by atoms with Crippen molar-refractivity contribution in [2.24, 2.45) is 0 Å². The van der Waals surface area contributed by atoms with E-state index in [0.29, 0.717) is 16.7 Å². The van der Waals surface area contributed by atoms with Crippen LogP contribution in [0.25, 0.3) is 5.69 Å². The van der Waals surface area contributed by atoms with Gasteiger partial charge < -0.3 is 9.84 Å². The van der Waals surface area contributed by atoms with Crippen LogP contribution < -0.4 is 5.32 Å². The van der Waals surface area contributed by atoms with Crippen LogP contribution in [0.5, 0.6) is 0 Å². The molecule has 0 aliphatic carbocycles. The minimum Gasteiger partial charge on any atom is -0.360 e. The predicted octanol–water partition coefficient (Wildman–Crippen LogP) is 2.39. The zero-order valence-corrected chi connectivity index (χ0v) is 14.2. The van der Waals surface area contributed by atoms with E-state index in [-0.39, 0.29) is 5.91 Å². The van der Waals surface area contributed by atoms with E-state index >= 15 is 0 Å². The molecule has 0 spiro atoms. The summed E-state index contributed by atoms with van der Waals surface area (Å²) in [6.07, 6.45) is 0. The van der Waals surface area contributed by atoms with Crippen LogP contribution in [0.4, 0.5) is 5.82 Å². The van der Waals surface area contributed by atoms with E-state index in [4.69, 9.17) is 4.52 Å². The first kappa shape index (κ1) is 16.2. The van der Waals surface area contributed by atoms with Crippen molar-refractivity contribution in [1.82, 2.24) is 25.4 Å². The quantitative estimate of drug-likeness (QED) is 0.709. The van der Waals surface area contributed by atoms with Gasteiger partial charge in [-0.25, -0.2) is 0 Å². The first-order valence-corrected chi connectivity index (χ1v) is 8.17. The van der Waals surface area contributed by atoms with Crippen LogP contribution in [0, 0.1) is 13.8 Å². The molecule has 0 saturated carbocycles. The molecule has 0 aliphatic heterocycles. The fourth-order valence-corrected chi connectivity index (χ4v) is 2.85. The molecule has 9 heteroatoms. The lowest BCUT2D eigenvalue weighted by Gasteiger charge is -2.10. The fraction of sp³-hybridized carbons (Fsp3) is 0.267. The highest BCUT2D eigenvalue weighted by Crippen LogP contribution is 2.24. The van der Waals surface area contributed by atoms with Crippen LogP contribution in [-0.4, -0.2) is 36.5 Å². The third kappa shape index (κ3) is 3.62. The highest BCUT2D eigenvalue weighted by molar-refractivity contribution is 8.00. The van der Waals surface area contributed by atoms with Crippen molar-refractivity contribution in [2.45, 2.75) is 31.2 Å². The molecule has 0 radical (unpaired) electrons. The maximum absolute atomic E-state index is 12.3. The minimum atomic E-state index is -0.406. The summed E-state index contributed by atoms with van der Waals surface area (Å²) < 4.78 is 6.54. The van der Waals surface area contributed by atoms with Crippen molar-refractivity contribution >= 4 is 23.5 Å². The number of amides is 1. The van der Waals surface area contributed by atoms with Gasteiger partial charge in [-0.1, -0.05) is 29.1 Å². The summed E-state index contributed by atoms with van der Waals surface area (Å²) >= 11 is 1.27. The molecule has 2 heterocycles. The van der Waals surface area contributed by atoms with Crippen molar-refractivity contribution in [3.8, 4) is 5.69 Å². The van der Waals surface area contributed by atoms with Crippen LogP contribution in [0.1, 0.15) is 18.2 Å². The minimum absolute atomic E-state index is 0.202. The summed E-state index contributed by atoms with van der Waals surface area (Å²) in [4.78, 5) is 12.3. The van der Waals surface area contributed by atoms with Crippen molar-refractivity contribution in [2.75, 3.05) is 5.32 Å². The molecule has 1 amide bonds. The normalized spacial score (nSPS) is 12.1. The van der Waals surface area contributed by atoms with E-state index in [2.05, 4.69) is 26.0 Å². The second-order valence-corrected chi connectivity index (χ2v) is 6.59. The number of aromatic nitrogens is 5. The third-order valence-corrected chi connectivity index (χ3v) is 4.25. The van der Waals surface area contributed by atoms with Gasteiger partial charge in [0, 0.05) is 6.07 Å². The molecule has 0 saturated heterocycles. The average molecular weight is 344 g/mol. The Hall–Kier alpha value is -2.68. The fourth-order valence-electron chi connectivity index (χ4n) is 2.04. The number of thioether (sulfide) groups is 1. The average Bonchev–Trinajstić information content (AvgIpc) is 3.16. The van der Waals surface area contributed by atoms with E-state index in [1.165, 1.54) is 11.8 Å². The number of carbonyl (C=O) groups is 1. The Kier molecular flexibility index (Phi) is 4.61.